The first-order valence-electron chi connectivity index (χ1n) is 6.21. The van der Waals surface area contributed by atoms with Crippen LogP contribution in [0.25, 0.3) is 0 Å². The number of hydrogen-bond donors (Lipinski definition) is 1. The van der Waals surface area contributed by atoms with Crippen molar-refractivity contribution in [3.63, 3.8) is 0 Å². The summed E-state index contributed by atoms with van der Waals surface area (Å²) in [4.78, 5) is 0. The van der Waals surface area contributed by atoms with Crippen molar-refractivity contribution in [1.29, 1.82) is 0 Å². The lowest BCUT2D eigenvalue weighted by atomic mass is 9.79. The highest BCUT2D eigenvalue weighted by atomic mass is 15.2. The highest BCUT2D eigenvalue weighted by Gasteiger charge is 2.27. The number of hydrogen-bond acceptors (Lipinski definition) is 3. The van der Waals surface area contributed by atoms with E-state index in [1.165, 1.54) is 37.8 Å². The van der Waals surface area contributed by atoms with Crippen molar-refractivity contribution < 1.29 is 0 Å². The van der Waals surface area contributed by atoms with Gasteiger partial charge in [-0.3, -0.25) is 0 Å². The largest absolute Gasteiger partial charge is 0.386 e. The molecule has 2 rings (SSSR count). The van der Waals surface area contributed by atoms with E-state index in [4.69, 9.17) is 5.73 Å². The molecule has 15 heavy (non-hydrogen) atoms. The van der Waals surface area contributed by atoms with Crippen LogP contribution < -0.4 is 5.73 Å². The molecule has 1 fully saturated rings. The van der Waals surface area contributed by atoms with Crippen LogP contribution in [0.5, 0.6) is 0 Å². The molecule has 1 aliphatic heterocycles. The molecule has 1 unspecified atom stereocenters. The fourth-order valence-electron chi connectivity index (χ4n) is 2.77. The molecule has 0 aromatic carbocycles. The maximum absolute atomic E-state index is 5.74. The van der Waals surface area contributed by atoms with Crippen LogP contribution >= 0.6 is 0 Å². The van der Waals surface area contributed by atoms with Crippen LogP contribution in [0.4, 0.5) is 0 Å². The molecular weight excluding hydrogens is 186 g/mol. The average Bonchev–Trinajstić information content (AvgIpc) is 2.30. The highest BCUT2D eigenvalue weighted by molar-refractivity contribution is 5.96. The van der Waals surface area contributed by atoms with Crippen molar-refractivity contribution >= 4 is 11.5 Å². The predicted molar refractivity (Wildman–Crippen MR) is 64.0 cm³/mol. The maximum Gasteiger partial charge on any atom is 0.123 e. The summed E-state index contributed by atoms with van der Waals surface area (Å²) < 4.78 is 0. The number of nitrogens with zero attached hydrogens (tertiary/aromatic N) is 2. The molecule has 0 saturated heterocycles. The molecule has 2 aliphatic rings. The summed E-state index contributed by atoms with van der Waals surface area (Å²) in [6, 6.07) is 0. The minimum absolute atomic E-state index is 0.561. The van der Waals surface area contributed by atoms with Gasteiger partial charge in [-0.2, -0.15) is 5.10 Å². The molecule has 1 saturated carbocycles. The third-order valence-electron chi connectivity index (χ3n) is 3.68. The number of amidine groups is 1. The zero-order valence-corrected chi connectivity index (χ0v) is 9.58. The van der Waals surface area contributed by atoms with Crippen molar-refractivity contribution in [2.24, 2.45) is 27.8 Å². The second-order valence-corrected chi connectivity index (χ2v) is 4.76. The zero-order chi connectivity index (χ0) is 10.7. The lowest BCUT2D eigenvalue weighted by molar-refractivity contribution is 0.422. The highest BCUT2D eigenvalue weighted by Crippen LogP contribution is 2.30. The van der Waals surface area contributed by atoms with Gasteiger partial charge < -0.3 is 5.73 Å². The number of nitrogens with two attached hydrogens (primary N) is 1. The zero-order valence-electron chi connectivity index (χ0n) is 9.58. The first-order valence-corrected chi connectivity index (χ1v) is 6.21. The Hall–Kier alpha value is -0.860. The second kappa shape index (κ2) is 4.77. The molecule has 3 nitrogen and oxygen atoms in total. The van der Waals surface area contributed by atoms with E-state index in [0.29, 0.717) is 17.7 Å². The Morgan fingerprint density at radius 3 is 2.60 bits per heavy atom. The van der Waals surface area contributed by atoms with Crippen molar-refractivity contribution in [3.05, 3.63) is 0 Å². The molecule has 84 valence electrons. The SMILES string of the molecule is CCC1CC(N)=NN=C1C1CCCCC1. The summed E-state index contributed by atoms with van der Waals surface area (Å²) in [5.41, 5.74) is 7.07. The third-order valence-corrected chi connectivity index (χ3v) is 3.68. The fraction of sp³-hybridized carbons (Fsp3) is 0.833. The summed E-state index contributed by atoms with van der Waals surface area (Å²) in [5, 5.41) is 8.43. The summed E-state index contributed by atoms with van der Waals surface area (Å²) >= 11 is 0. The Kier molecular flexibility index (Phi) is 3.39. The van der Waals surface area contributed by atoms with Gasteiger partial charge in [-0.05, 0) is 25.2 Å². The van der Waals surface area contributed by atoms with Crippen molar-refractivity contribution in [2.75, 3.05) is 0 Å². The van der Waals surface area contributed by atoms with E-state index in [2.05, 4.69) is 17.1 Å². The standard InChI is InChI=1S/C12H21N3/c1-2-9-8-11(13)14-15-12(9)10-6-4-3-5-7-10/h9-10H,2-8H2,1H3,(H2,13,14). The second-order valence-electron chi connectivity index (χ2n) is 4.76. The first kappa shape index (κ1) is 10.7. The van der Waals surface area contributed by atoms with Gasteiger partial charge in [0.05, 0.1) is 0 Å². The van der Waals surface area contributed by atoms with Crippen LogP contribution in [0.1, 0.15) is 51.9 Å². The minimum atomic E-state index is 0.561. The normalized spacial score (nSPS) is 28.5. The first-order chi connectivity index (χ1) is 7.31. The molecule has 0 aromatic heterocycles. The van der Waals surface area contributed by atoms with Gasteiger partial charge in [0, 0.05) is 18.1 Å². The van der Waals surface area contributed by atoms with Gasteiger partial charge in [0.15, 0.2) is 0 Å². The van der Waals surface area contributed by atoms with Crippen molar-refractivity contribution in [3.8, 4) is 0 Å². The lowest BCUT2D eigenvalue weighted by Gasteiger charge is -2.29. The van der Waals surface area contributed by atoms with E-state index >= 15 is 0 Å². The molecule has 0 aromatic rings. The van der Waals surface area contributed by atoms with E-state index in [1.54, 1.807) is 0 Å². The van der Waals surface area contributed by atoms with Crippen LogP contribution in [-0.2, 0) is 0 Å². The van der Waals surface area contributed by atoms with Crippen molar-refractivity contribution in [2.45, 2.75) is 51.9 Å². The number of rotatable bonds is 2. The topological polar surface area (TPSA) is 50.7 Å². The van der Waals surface area contributed by atoms with E-state index in [-0.39, 0.29) is 0 Å². The van der Waals surface area contributed by atoms with E-state index in [1.807, 2.05) is 0 Å². The Bertz CT molecular complexity index is 275. The van der Waals surface area contributed by atoms with E-state index in [9.17, 15) is 0 Å². The van der Waals surface area contributed by atoms with Crippen molar-refractivity contribution in [1.82, 2.24) is 0 Å². The Morgan fingerprint density at radius 2 is 1.93 bits per heavy atom. The van der Waals surface area contributed by atoms with Crippen LogP contribution in [0.3, 0.4) is 0 Å². The molecule has 0 radical (unpaired) electrons. The molecule has 0 bridgehead atoms. The Balaban J connectivity index is 2.10. The van der Waals surface area contributed by atoms with Gasteiger partial charge >= 0.3 is 0 Å². The van der Waals surface area contributed by atoms with E-state index in [0.717, 1.165) is 12.8 Å². The maximum atomic E-state index is 5.74. The van der Waals surface area contributed by atoms with Gasteiger partial charge in [0.1, 0.15) is 5.84 Å². The summed E-state index contributed by atoms with van der Waals surface area (Å²) in [5.74, 6) is 1.97. The predicted octanol–water partition coefficient (Wildman–Crippen LogP) is 2.71. The van der Waals surface area contributed by atoms with Gasteiger partial charge in [-0.1, -0.05) is 26.2 Å². The Labute approximate surface area is 91.8 Å². The molecule has 3 heteroatoms. The van der Waals surface area contributed by atoms with Crippen LogP contribution in [0, 0.1) is 11.8 Å². The molecule has 1 heterocycles. The van der Waals surface area contributed by atoms with Gasteiger partial charge in [-0.15, -0.1) is 5.10 Å². The third kappa shape index (κ3) is 2.39. The summed E-state index contributed by atoms with van der Waals surface area (Å²) in [6.07, 6.45) is 8.80. The van der Waals surface area contributed by atoms with Crippen LogP contribution in [0.2, 0.25) is 0 Å². The van der Waals surface area contributed by atoms with Crippen LogP contribution in [0.15, 0.2) is 10.2 Å². The Morgan fingerprint density at radius 1 is 1.20 bits per heavy atom. The van der Waals surface area contributed by atoms with E-state index < -0.39 is 0 Å². The molecule has 2 N–H and O–H groups in total. The van der Waals surface area contributed by atoms with Gasteiger partial charge in [0.25, 0.3) is 0 Å². The molecule has 1 aliphatic carbocycles. The summed E-state index contributed by atoms with van der Waals surface area (Å²) in [7, 11) is 0. The molecule has 1 atom stereocenters. The smallest absolute Gasteiger partial charge is 0.123 e. The average molecular weight is 207 g/mol. The van der Waals surface area contributed by atoms with Gasteiger partial charge in [0.2, 0.25) is 0 Å². The fourth-order valence-corrected chi connectivity index (χ4v) is 2.77. The molecular formula is C12H21N3. The quantitative estimate of drug-likeness (QED) is 0.743. The minimum Gasteiger partial charge on any atom is -0.386 e. The van der Waals surface area contributed by atoms with Gasteiger partial charge in [-0.25, -0.2) is 0 Å². The molecule has 0 spiro atoms. The van der Waals surface area contributed by atoms with Crippen LogP contribution in [-0.4, -0.2) is 11.5 Å². The molecule has 0 amide bonds. The summed E-state index contributed by atoms with van der Waals surface area (Å²) in [6.45, 7) is 2.22. The lowest BCUT2D eigenvalue weighted by Crippen LogP contribution is -2.31. The monoisotopic (exact) mass is 207 g/mol.